The summed E-state index contributed by atoms with van der Waals surface area (Å²) in [6, 6.07) is -0.427. The molecular formula is C7H18N2O3S. The van der Waals surface area contributed by atoms with Crippen molar-refractivity contribution in [1.29, 1.82) is 0 Å². The second kappa shape index (κ2) is 5.54. The van der Waals surface area contributed by atoms with Gasteiger partial charge in [-0.05, 0) is 5.92 Å². The van der Waals surface area contributed by atoms with Crippen LogP contribution in [0.2, 0.25) is 0 Å². The molecule has 0 heterocycles. The fourth-order valence-corrected chi connectivity index (χ4v) is 2.02. The number of aliphatic hydroxyl groups excluding tert-OH is 1. The Morgan fingerprint density at radius 2 is 1.92 bits per heavy atom. The molecule has 0 rings (SSSR count). The lowest BCUT2D eigenvalue weighted by atomic mass is 10.1. The van der Waals surface area contributed by atoms with Gasteiger partial charge >= 0.3 is 0 Å². The summed E-state index contributed by atoms with van der Waals surface area (Å²) in [5.41, 5.74) is 0. The Kier molecular flexibility index (Phi) is 5.46. The molecule has 0 aliphatic heterocycles. The zero-order valence-corrected chi connectivity index (χ0v) is 9.06. The van der Waals surface area contributed by atoms with Crippen LogP contribution >= 0.6 is 0 Å². The fraction of sp³-hybridized carbons (Fsp3) is 1.00. The van der Waals surface area contributed by atoms with Crippen LogP contribution in [0.25, 0.3) is 0 Å². The molecule has 5 nitrogen and oxygen atoms in total. The molecule has 0 saturated heterocycles. The van der Waals surface area contributed by atoms with E-state index < -0.39 is 16.3 Å². The minimum absolute atomic E-state index is 0.0680. The molecule has 3 N–H and O–H groups in total. The maximum absolute atomic E-state index is 11.2. The minimum Gasteiger partial charge on any atom is -0.395 e. The van der Waals surface area contributed by atoms with E-state index in [1.54, 1.807) is 6.92 Å². The molecular weight excluding hydrogens is 192 g/mol. The SMILES string of the molecule is CCNS(=O)(=O)N[C@H](CO)C(C)C. The standard InChI is InChI=1S/C7H18N2O3S/c1-4-8-13(11,12)9-7(5-10)6(2)3/h6-10H,4-5H2,1-3H3/t7-/m1/s1. The number of aliphatic hydroxyl groups is 1. The molecule has 0 saturated carbocycles. The highest BCUT2D eigenvalue weighted by Gasteiger charge is 2.18. The first-order valence-electron chi connectivity index (χ1n) is 4.30. The number of hydrogen-bond donors (Lipinski definition) is 3. The molecule has 0 aromatic heterocycles. The van der Waals surface area contributed by atoms with E-state index >= 15 is 0 Å². The van der Waals surface area contributed by atoms with Crippen LogP contribution in [0, 0.1) is 5.92 Å². The Morgan fingerprint density at radius 3 is 2.23 bits per heavy atom. The van der Waals surface area contributed by atoms with Gasteiger partial charge in [0, 0.05) is 12.6 Å². The lowest BCUT2D eigenvalue weighted by molar-refractivity contribution is 0.227. The van der Waals surface area contributed by atoms with E-state index in [0.717, 1.165) is 0 Å². The van der Waals surface area contributed by atoms with Gasteiger partial charge in [-0.3, -0.25) is 0 Å². The molecule has 0 unspecified atom stereocenters. The third kappa shape index (κ3) is 5.20. The first-order valence-corrected chi connectivity index (χ1v) is 5.79. The first kappa shape index (κ1) is 12.8. The molecule has 80 valence electrons. The van der Waals surface area contributed by atoms with Gasteiger partial charge < -0.3 is 5.11 Å². The summed E-state index contributed by atoms with van der Waals surface area (Å²) in [4.78, 5) is 0. The maximum atomic E-state index is 11.2. The van der Waals surface area contributed by atoms with Gasteiger partial charge in [0.25, 0.3) is 10.2 Å². The molecule has 6 heteroatoms. The Bertz CT molecular complexity index is 226. The van der Waals surface area contributed by atoms with Crippen molar-refractivity contribution < 1.29 is 13.5 Å². The summed E-state index contributed by atoms with van der Waals surface area (Å²) in [6.45, 7) is 5.53. The van der Waals surface area contributed by atoms with Crippen molar-refractivity contribution in [2.45, 2.75) is 26.8 Å². The Hall–Kier alpha value is -0.170. The second-order valence-electron chi connectivity index (χ2n) is 3.15. The minimum atomic E-state index is -3.45. The van der Waals surface area contributed by atoms with E-state index in [2.05, 4.69) is 9.44 Å². The van der Waals surface area contributed by atoms with Gasteiger partial charge in [-0.1, -0.05) is 20.8 Å². The molecule has 0 aliphatic rings. The second-order valence-corrected chi connectivity index (χ2v) is 4.68. The van der Waals surface area contributed by atoms with Gasteiger partial charge in [-0.2, -0.15) is 13.1 Å². The third-order valence-electron chi connectivity index (χ3n) is 1.64. The lowest BCUT2D eigenvalue weighted by Gasteiger charge is -2.19. The summed E-state index contributed by atoms with van der Waals surface area (Å²) in [5, 5.41) is 8.87. The quantitative estimate of drug-likeness (QED) is 0.550. The Balaban J connectivity index is 4.23. The van der Waals surface area contributed by atoms with Crippen LogP contribution in [-0.2, 0) is 10.2 Å². The van der Waals surface area contributed by atoms with Crippen LogP contribution in [0.3, 0.4) is 0 Å². The topological polar surface area (TPSA) is 78.4 Å². The van der Waals surface area contributed by atoms with Crippen molar-refractivity contribution in [3.63, 3.8) is 0 Å². The van der Waals surface area contributed by atoms with E-state index in [9.17, 15) is 8.42 Å². The maximum Gasteiger partial charge on any atom is 0.277 e. The van der Waals surface area contributed by atoms with Crippen molar-refractivity contribution in [3.05, 3.63) is 0 Å². The van der Waals surface area contributed by atoms with Crippen LogP contribution in [-0.4, -0.2) is 32.7 Å². The smallest absolute Gasteiger partial charge is 0.277 e. The van der Waals surface area contributed by atoms with Gasteiger partial charge in [0.1, 0.15) is 0 Å². The van der Waals surface area contributed by atoms with Crippen LogP contribution in [0.1, 0.15) is 20.8 Å². The largest absolute Gasteiger partial charge is 0.395 e. The van der Waals surface area contributed by atoms with E-state index in [1.165, 1.54) is 0 Å². The highest BCUT2D eigenvalue weighted by molar-refractivity contribution is 7.87. The summed E-state index contributed by atoms with van der Waals surface area (Å²) >= 11 is 0. The predicted molar refractivity (Wildman–Crippen MR) is 51.4 cm³/mol. The molecule has 0 amide bonds. The normalized spacial score (nSPS) is 14.8. The number of nitrogens with one attached hydrogen (secondary N) is 2. The lowest BCUT2D eigenvalue weighted by Crippen LogP contribution is -2.46. The van der Waals surface area contributed by atoms with Crippen LogP contribution in [0.4, 0.5) is 0 Å². The van der Waals surface area contributed by atoms with E-state index in [1.807, 2.05) is 13.8 Å². The van der Waals surface area contributed by atoms with E-state index in [-0.39, 0.29) is 12.5 Å². The number of rotatable bonds is 6. The van der Waals surface area contributed by atoms with Gasteiger partial charge in [-0.15, -0.1) is 0 Å². The number of hydrogen-bond acceptors (Lipinski definition) is 3. The molecule has 13 heavy (non-hydrogen) atoms. The fourth-order valence-electron chi connectivity index (χ4n) is 0.815. The molecule has 1 atom stereocenters. The van der Waals surface area contributed by atoms with Gasteiger partial charge in [-0.25, -0.2) is 4.72 Å². The van der Waals surface area contributed by atoms with E-state index in [0.29, 0.717) is 6.54 Å². The highest BCUT2D eigenvalue weighted by Crippen LogP contribution is 2.01. The Labute approximate surface area is 79.7 Å². The third-order valence-corrected chi connectivity index (χ3v) is 2.92. The van der Waals surface area contributed by atoms with Crippen LogP contribution in [0.5, 0.6) is 0 Å². The van der Waals surface area contributed by atoms with E-state index in [4.69, 9.17) is 5.11 Å². The van der Waals surface area contributed by atoms with Crippen LogP contribution < -0.4 is 9.44 Å². The molecule has 0 fully saturated rings. The Morgan fingerprint density at radius 1 is 1.38 bits per heavy atom. The van der Waals surface area contributed by atoms with Crippen molar-refractivity contribution >= 4 is 10.2 Å². The average molecular weight is 210 g/mol. The molecule has 0 bridgehead atoms. The molecule has 0 spiro atoms. The monoisotopic (exact) mass is 210 g/mol. The molecule has 0 aromatic carbocycles. The predicted octanol–water partition coefficient (Wildman–Crippen LogP) is -0.553. The molecule has 0 aromatic rings. The zero-order valence-electron chi connectivity index (χ0n) is 8.24. The molecule has 0 radical (unpaired) electrons. The summed E-state index contributed by atoms with van der Waals surface area (Å²) in [5.74, 6) is 0.0680. The van der Waals surface area contributed by atoms with Crippen LogP contribution in [0.15, 0.2) is 0 Å². The van der Waals surface area contributed by atoms with Crippen molar-refractivity contribution in [2.24, 2.45) is 5.92 Å². The van der Waals surface area contributed by atoms with Gasteiger partial charge in [0.05, 0.1) is 6.61 Å². The summed E-state index contributed by atoms with van der Waals surface area (Å²) in [7, 11) is -3.45. The molecule has 0 aliphatic carbocycles. The van der Waals surface area contributed by atoms with Crippen molar-refractivity contribution in [1.82, 2.24) is 9.44 Å². The first-order chi connectivity index (χ1) is 5.93. The zero-order chi connectivity index (χ0) is 10.5. The summed E-state index contributed by atoms with van der Waals surface area (Å²) in [6.07, 6.45) is 0. The van der Waals surface area contributed by atoms with Crippen molar-refractivity contribution in [2.75, 3.05) is 13.2 Å². The average Bonchev–Trinajstić information content (AvgIpc) is 1.99. The van der Waals surface area contributed by atoms with Gasteiger partial charge in [0.2, 0.25) is 0 Å². The van der Waals surface area contributed by atoms with Gasteiger partial charge in [0.15, 0.2) is 0 Å². The highest BCUT2D eigenvalue weighted by atomic mass is 32.2. The van der Waals surface area contributed by atoms with Crippen molar-refractivity contribution in [3.8, 4) is 0 Å². The summed E-state index contributed by atoms with van der Waals surface area (Å²) < 4.78 is 27.0.